The molecule has 0 spiro atoms. The van der Waals surface area contributed by atoms with Gasteiger partial charge in [0.1, 0.15) is 5.75 Å². The maximum atomic E-state index is 12.2. The number of ether oxygens (including phenoxy) is 1. The van der Waals surface area contributed by atoms with Crippen molar-refractivity contribution in [1.29, 1.82) is 0 Å². The van der Waals surface area contributed by atoms with Crippen LogP contribution in [0.1, 0.15) is 29.2 Å². The number of carbonyl (C=O) groups excluding carboxylic acids is 1. The molecule has 4 heteroatoms. The van der Waals surface area contributed by atoms with Crippen LogP contribution in [0.15, 0.2) is 36.4 Å². The minimum absolute atomic E-state index is 0.109. The molecule has 1 atom stereocenters. The molecule has 0 fully saturated rings. The molecule has 0 heterocycles. The summed E-state index contributed by atoms with van der Waals surface area (Å²) >= 11 is 5.86. The highest BCUT2D eigenvalue weighted by Gasteiger charge is 2.16. The summed E-state index contributed by atoms with van der Waals surface area (Å²) < 4.78 is 5.86. The van der Waals surface area contributed by atoms with Crippen LogP contribution in [-0.2, 0) is 11.2 Å². The largest absolute Gasteiger partial charge is 0.481 e. The van der Waals surface area contributed by atoms with Crippen LogP contribution in [0.4, 0.5) is 0 Å². The summed E-state index contributed by atoms with van der Waals surface area (Å²) in [4.78, 5) is 12.2. The molecule has 0 aliphatic heterocycles. The van der Waals surface area contributed by atoms with Gasteiger partial charge < -0.3 is 10.1 Å². The quantitative estimate of drug-likeness (QED) is 0.843. The number of nitrogens with one attached hydrogen (secondary N) is 1. The van der Waals surface area contributed by atoms with Gasteiger partial charge >= 0.3 is 0 Å². The molecule has 3 nitrogen and oxygen atoms in total. The first-order chi connectivity index (χ1) is 11.4. The third-order valence-electron chi connectivity index (χ3n) is 4.06. The highest BCUT2D eigenvalue weighted by molar-refractivity contribution is 6.30. The van der Waals surface area contributed by atoms with Crippen molar-refractivity contribution in [2.24, 2.45) is 0 Å². The van der Waals surface area contributed by atoms with Crippen molar-refractivity contribution in [3.63, 3.8) is 0 Å². The van der Waals surface area contributed by atoms with Crippen LogP contribution in [0.25, 0.3) is 0 Å². The summed E-state index contributed by atoms with van der Waals surface area (Å²) in [5, 5.41) is 3.63. The number of aryl methyl sites for hydroxylation is 2. The topological polar surface area (TPSA) is 38.3 Å². The second-order valence-corrected chi connectivity index (χ2v) is 6.57. The van der Waals surface area contributed by atoms with Crippen LogP contribution in [0.2, 0.25) is 5.02 Å². The van der Waals surface area contributed by atoms with E-state index in [1.807, 2.05) is 51.1 Å². The van der Waals surface area contributed by atoms with E-state index in [2.05, 4.69) is 11.4 Å². The molecule has 0 radical (unpaired) electrons. The first-order valence-corrected chi connectivity index (χ1v) is 8.51. The average molecular weight is 346 g/mol. The fourth-order valence-electron chi connectivity index (χ4n) is 2.49. The van der Waals surface area contributed by atoms with Crippen molar-refractivity contribution in [3.05, 3.63) is 63.7 Å². The molecule has 0 aromatic heterocycles. The number of hydrogen-bond acceptors (Lipinski definition) is 2. The Kier molecular flexibility index (Phi) is 6.27. The van der Waals surface area contributed by atoms with E-state index >= 15 is 0 Å². The van der Waals surface area contributed by atoms with E-state index < -0.39 is 6.10 Å². The lowest BCUT2D eigenvalue weighted by atomic mass is 10.1. The highest BCUT2D eigenvalue weighted by atomic mass is 35.5. The number of benzene rings is 2. The van der Waals surface area contributed by atoms with Gasteiger partial charge in [0, 0.05) is 11.6 Å². The molecule has 0 aliphatic rings. The lowest BCUT2D eigenvalue weighted by Crippen LogP contribution is -2.37. The molecule has 1 N–H and O–H groups in total. The normalized spacial score (nSPS) is 11.9. The summed E-state index contributed by atoms with van der Waals surface area (Å²) in [6, 6.07) is 11.7. The summed E-state index contributed by atoms with van der Waals surface area (Å²) in [5.41, 5.74) is 4.50. The SMILES string of the molecule is Cc1cc(C)c(C)c(O[C@H](C)C(=O)NCCc2ccc(Cl)cc2)c1. The molecule has 24 heavy (non-hydrogen) atoms. The highest BCUT2D eigenvalue weighted by Crippen LogP contribution is 2.24. The van der Waals surface area contributed by atoms with Crippen molar-refractivity contribution in [3.8, 4) is 5.75 Å². The average Bonchev–Trinajstić information content (AvgIpc) is 2.53. The van der Waals surface area contributed by atoms with E-state index in [0.29, 0.717) is 11.6 Å². The number of hydrogen-bond donors (Lipinski definition) is 1. The van der Waals surface area contributed by atoms with E-state index in [-0.39, 0.29) is 5.91 Å². The number of carbonyl (C=O) groups is 1. The lowest BCUT2D eigenvalue weighted by molar-refractivity contribution is -0.127. The first-order valence-electron chi connectivity index (χ1n) is 8.13. The van der Waals surface area contributed by atoms with Gasteiger partial charge in [0.2, 0.25) is 0 Å². The molecule has 0 bridgehead atoms. The summed E-state index contributed by atoms with van der Waals surface area (Å²) in [7, 11) is 0. The summed E-state index contributed by atoms with van der Waals surface area (Å²) in [6.07, 6.45) is 0.230. The summed E-state index contributed by atoms with van der Waals surface area (Å²) in [6.45, 7) is 8.42. The molecule has 0 saturated carbocycles. The minimum Gasteiger partial charge on any atom is -0.481 e. The number of rotatable bonds is 6. The molecular weight excluding hydrogens is 322 g/mol. The van der Waals surface area contributed by atoms with Gasteiger partial charge in [-0.2, -0.15) is 0 Å². The zero-order valence-corrected chi connectivity index (χ0v) is 15.4. The van der Waals surface area contributed by atoms with Crippen LogP contribution in [0, 0.1) is 20.8 Å². The van der Waals surface area contributed by atoms with E-state index in [1.54, 1.807) is 6.92 Å². The van der Waals surface area contributed by atoms with Crippen molar-refractivity contribution in [2.45, 2.75) is 40.2 Å². The van der Waals surface area contributed by atoms with Crippen LogP contribution in [-0.4, -0.2) is 18.6 Å². The molecule has 1 amide bonds. The van der Waals surface area contributed by atoms with Gasteiger partial charge in [-0.25, -0.2) is 0 Å². The van der Waals surface area contributed by atoms with E-state index in [9.17, 15) is 4.79 Å². The Labute approximate surface area is 149 Å². The maximum Gasteiger partial charge on any atom is 0.260 e. The Morgan fingerprint density at radius 2 is 1.83 bits per heavy atom. The van der Waals surface area contributed by atoms with Crippen molar-refractivity contribution >= 4 is 17.5 Å². The molecule has 2 rings (SSSR count). The van der Waals surface area contributed by atoms with Gasteiger partial charge in [0.15, 0.2) is 6.10 Å². The third-order valence-corrected chi connectivity index (χ3v) is 4.32. The Morgan fingerprint density at radius 3 is 2.50 bits per heavy atom. The molecule has 0 saturated heterocycles. The predicted octanol–water partition coefficient (Wildman–Crippen LogP) is 4.39. The molecule has 128 valence electrons. The molecule has 2 aromatic rings. The Morgan fingerprint density at radius 1 is 1.17 bits per heavy atom. The van der Waals surface area contributed by atoms with Gasteiger partial charge in [-0.15, -0.1) is 0 Å². The third kappa shape index (κ3) is 5.00. The van der Waals surface area contributed by atoms with E-state index in [4.69, 9.17) is 16.3 Å². The van der Waals surface area contributed by atoms with Gasteiger partial charge in [-0.3, -0.25) is 4.79 Å². The van der Waals surface area contributed by atoms with Gasteiger partial charge in [0.25, 0.3) is 5.91 Å². The zero-order chi connectivity index (χ0) is 17.7. The zero-order valence-electron chi connectivity index (χ0n) is 14.7. The van der Waals surface area contributed by atoms with Gasteiger partial charge in [0.05, 0.1) is 0 Å². The van der Waals surface area contributed by atoms with Crippen molar-refractivity contribution in [1.82, 2.24) is 5.32 Å². The second kappa shape index (κ2) is 8.20. The standard InChI is InChI=1S/C20H24ClNO2/c1-13-11-14(2)15(3)19(12-13)24-16(4)20(23)22-10-9-17-5-7-18(21)8-6-17/h5-8,11-12,16H,9-10H2,1-4H3,(H,22,23)/t16-/m1/s1. The van der Waals surface area contributed by atoms with E-state index in [1.165, 1.54) is 5.56 Å². The fourth-order valence-corrected chi connectivity index (χ4v) is 2.62. The molecule has 0 aliphatic carbocycles. The fraction of sp³-hybridized carbons (Fsp3) is 0.350. The van der Waals surface area contributed by atoms with Gasteiger partial charge in [-0.1, -0.05) is 29.8 Å². The van der Waals surface area contributed by atoms with Crippen LogP contribution >= 0.6 is 11.6 Å². The maximum absolute atomic E-state index is 12.2. The Bertz CT molecular complexity index is 710. The smallest absolute Gasteiger partial charge is 0.260 e. The van der Waals surface area contributed by atoms with Crippen LogP contribution in [0.5, 0.6) is 5.75 Å². The molecule has 2 aromatic carbocycles. The lowest BCUT2D eigenvalue weighted by Gasteiger charge is -2.18. The van der Waals surface area contributed by atoms with Crippen molar-refractivity contribution in [2.75, 3.05) is 6.54 Å². The van der Waals surface area contributed by atoms with Gasteiger partial charge in [-0.05, 0) is 74.6 Å². The number of halogens is 1. The molecular formula is C20H24ClNO2. The van der Waals surface area contributed by atoms with Crippen molar-refractivity contribution < 1.29 is 9.53 Å². The predicted molar refractivity (Wildman–Crippen MR) is 98.9 cm³/mol. The van der Waals surface area contributed by atoms with E-state index in [0.717, 1.165) is 28.9 Å². The number of amides is 1. The van der Waals surface area contributed by atoms with Crippen LogP contribution < -0.4 is 10.1 Å². The first kappa shape index (κ1) is 18.3. The molecule has 0 unspecified atom stereocenters. The second-order valence-electron chi connectivity index (χ2n) is 6.13. The Balaban J connectivity index is 1.87. The monoisotopic (exact) mass is 345 g/mol. The Hall–Kier alpha value is -2.00. The minimum atomic E-state index is -0.532. The van der Waals surface area contributed by atoms with Crippen LogP contribution in [0.3, 0.4) is 0 Å². The summed E-state index contributed by atoms with van der Waals surface area (Å²) in [5.74, 6) is 0.662.